The van der Waals surface area contributed by atoms with Crippen LogP contribution in [0.25, 0.3) is 6.08 Å². The van der Waals surface area contributed by atoms with Gasteiger partial charge in [0.1, 0.15) is 11.9 Å². The fourth-order valence-electron chi connectivity index (χ4n) is 8.33. The average molecular weight is 543 g/mol. The first kappa shape index (κ1) is 26.9. The number of likely N-dealkylation sites (tertiary alicyclic amines) is 1. The van der Waals surface area contributed by atoms with E-state index < -0.39 is 0 Å². The third-order valence-corrected chi connectivity index (χ3v) is 9.78. The third kappa shape index (κ3) is 4.14. The number of benzene rings is 2. The second-order valence-electron chi connectivity index (χ2n) is 12.5. The Kier molecular flexibility index (Phi) is 6.94. The van der Waals surface area contributed by atoms with Gasteiger partial charge in [-0.15, -0.1) is 6.58 Å². The monoisotopic (exact) mass is 542 g/mol. The van der Waals surface area contributed by atoms with Crippen LogP contribution in [0.4, 0.5) is 0 Å². The topological polar surface area (TPSA) is 62.2 Å². The highest BCUT2D eigenvalue weighted by molar-refractivity contribution is 5.92. The molecule has 6 heteroatoms. The first-order chi connectivity index (χ1) is 19.3. The molecule has 0 aromatic heterocycles. The molecule has 1 saturated heterocycles. The smallest absolute Gasteiger partial charge is 0.246 e. The van der Waals surface area contributed by atoms with E-state index in [1.54, 1.807) is 19.3 Å². The number of carbonyl (C=O) groups excluding carboxylic acids is 1. The molecule has 212 valence electrons. The van der Waals surface area contributed by atoms with Crippen LogP contribution in [0.5, 0.6) is 17.2 Å². The minimum Gasteiger partial charge on any atom is -0.508 e. The van der Waals surface area contributed by atoms with Crippen LogP contribution in [0.1, 0.15) is 55.4 Å². The van der Waals surface area contributed by atoms with Crippen LogP contribution in [0.15, 0.2) is 49.1 Å². The molecule has 6 nitrogen and oxygen atoms in total. The summed E-state index contributed by atoms with van der Waals surface area (Å²) in [6.07, 6.45) is 9.11. The van der Waals surface area contributed by atoms with Gasteiger partial charge in [0.15, 0.2) is 11.5 Å². The first-order valence-electron chi connectivity index (χ1n) is 14.8. The highest BCUT2D eigenvalue weighted by atomic mass is 16.5. The lowest BCUT2D eigenvalue weighted by molar-refractivity contribution is -0.138. The van der Waals surface area contributed by atoms with Crippen molar-refractivity contribution >= 4 is 12.0 Å². The highest BCUT2D eigenvalue weighted by Crippen LogP contribution is 2.65. The minimum absolute atomic E-state index is 0.0288. The maximum atomic E-state index is 13.9. The van der Waals surface area contributed by atoms with E-state index in [-0.39, 0.29) is 23.5 Å². The normalized spacial score (nSPS) is 28.3. The van der Waals surface area contributed by atoms with Gasteiger partial charge in [0.2, 0.25) is 5.91 Å². The first-order valence-corrected chi connectivity index (χ1v) is 14.8. The van der Waals surface area contributed by atoms with Crippen LogP contribution in [0.3, 0.4) is 0 Å². The lowest BCUT2D eigenvalue weighted by Crippen LogP contribution is -2.69. The van der Waals surface area contributed by atoms with E-state index in [0.29, 0.717) is 35.9 Å². The Morgan fingerprint density at radius 3 is 2.88 bits per heavy atom. The second kappa shape index (κ2) is 10.3. The van der Waals surface area contributed by atoms with Gasteiger partial charge in [-0.05, 0) is 62.6 Å². The van der Waals surface area contributed by atoms with Gasteiger partial charge >= 0.3 is 0 Å². The molecule has 2 aromatic carbocycles. The van der Waals surface area contributed by atoms with Crippen molar-refractivity contribution in [3.05, 3.63) is 71.3 Å². The van der Waals surface area contributed by atoms with E-state index >= 15 is 0 Å². The Morgan fingerprint density at radius 2 is 2.15 bits per heavy atom. The van der Waals surface area contributed by atoms with Crippen molar-refractivity contribution in [2.75, 3.05) is 26.7 Å². The van der Waals surface area contributed by atoms with Crippen molar-refractivity contribution in [2.45, 2.75) is 70.1 Å². The van der Waals surface area contributed by atoms with E-state index in [9.17, 15) is 9.90 Å². The highest BCUT2D eigenvalue weighted by Gasteiger charge is 2.67. The lowest BCUT2D eigenvalue weighted by Gasteiger charge is -2.60. The van der Waals surface area contributed by atoms with Crippen molar-refractivity contribution < 1.29 is 19.4 Å². The summed E-state index contributed by atoms with van der Waals surface area (Å²) in [5, 5.41) is 11.2. The summed E-state index contributed by atoms with van der Waals surface area (Å²) in [6, 6.07) is 10.2. The third-order valence-electron chi connectivity index (χ3n) is 9.78. The molecule has 1 N–H and O–H groups in total. The molecule has 1 amide bonds. The molecule has 2 heterocycles. The number of hydrogen-bond donors (Lipinski definition) is 1. The number of aryl methyl sites for hydroxylation is 1. The van der Waals surface area contributed by atoms with Gasteiger partial charge in [-0.1, -0.05) is 49.8 Å². The fourth-order valence-corrected chi connectivity index (χ4v) is 8.33. The van der Waals surface area contributed by atoms with Crippen molar-refractivity contribution in [2.24, 2.45) is 11.8 Å². The Morgan fingerprint density at radius 1 is 1.32 bits per heavy atom. The SMILES string of the molecule is C=CCN1CC[C@]23c4c5c(O)cc(OC)c4O[C@H]2[C@H](N(CC(C)C)C(=O)C=Cc2cccc(C)c2)CC[C@H]3[C@H]1C5. The number of aromatic hydroxyl groups is 1. The van der Waals surface area contributed by atoms with Gasteiger partial charge in [-0.2, -0.15) is 0 Å². The van der Waals surface area contributed by atoms with Gasteiger partial charge in [0.25, 0.3) is 0 Å². The van der Waals surface area contributed by atoms with E-state index in [1.165, 1.54) is 5.56 Å². The van der Waals surface area contributed by atoms with Crippen molar-refractivity contribution in [3.63, 3.8) is 0 Å². The molecule has 2 bridgehead atoms. The summed E-state index contributed by atoms with van der Waals surface area (Å²) in [6.45, 7) is 12.9. The summed E-state index contributed by atoms with van der Waals surface area (Å²) < 4.78 is 12.7. The Hall–Kier alpha value is -3.25. The molecule has 2 aliphatic carbocycles. The molecule has 6 rings (SSSR count). The van der Waals surface area contributed by atoms with Crippen LogP contribution >= 0.6 is 0 Å². The molecule has 1 saturated carbocycles. The fraction of sp³-hybridized carbons (Fsp3) is 0.500. The van der Waals surface area contributed by atoms with Crippen LogP contribution in [0, 0.1) is 18.8 Å². The number of amides is 1. The van der Waals surface area contributed by atoms with Crippen LogP contribution in [0.2, 0.25) is 0 Å². The maximum absolute atomic E-state index is 13.9. The van der Waals surface area contributed by atoms with E-state index in [0.717, 1.165) is 61.2 Å². The number of piperidine rings is 1. The number of nitrogens with zero attached hydrogens (tertiary/aromatic N) is 2. The average Bonchev–Trinajstić information content (AvgIpc) is 3.27. The Labute approximate surface area is 238 Å². The maximum Gasteiger partial charge on any atom is 0.246 e. The predicted octanol–water partition coefficient (Wildman–Crippen LogP) is 5.50. The second-order valence-corrected chi connectivity index (χ2v) is 12.5. The predicted molar refractivity (Wildman–Crippen MR) is 158 cm³/mol. The lowest BCUT2D eigenvalue weighted by atomic mass is 9.50. The molecule has 4 aliphatic rings. The molecule has 2 aliphatic heterocycles. The van der Waals surface area contributed by atoms with Gasteiger partial charge in [-0.25, -0.2) is 0 Å². The molecule has 2 aromatic rings. The number of carbonyl (C=O) groups is 1. The summed E-state index contributed by atoms with van der Waals surface area (Å²) in [5.74, 6) is 2.40. The number of phenols is 1. The molecule has 1 spiro atoms. The summed E-state index contributed by atoms with van der Waals surface area (Å²) >= 11 is 0. The van der Waals surface area contributed by atoms with Gasteiger partial charge in [-0.3, -0.25) is 9.69 Å². The summed E-state index contributed by atoms with van der Waals surface area (Å²) in [4.78, 5) is 18.6. The zero-order valence-corrected chi connectivity index (χ0v) is 24.2. The number of phenolic OH excluding ortho intramolecular Hbond substituents is 1. The van der Waals surface area contributed by atoms with Crippen molar-refractivity contribution in [1.29, 1.82) is 0 Å². The van der Waals surface area contributed by atoms with Crippen LogP contribution in [-0.2, 0) is 16.6 Å². The molecule has 0 radical (unpaired) electrons. The molecule has 40 heavy (non-hydrogen) atoms. The number of methoxy groups -OCH3 is 1. The van der Waals surface area contributed by atoms with Crippen LogP contribution < -0.4 is 9.47 Å². The summed E-state index contributed by atoms with van der Waals surface area (Å²) in [5.41, 5.74) is 4.08. The Balaban J connectivity index is 1.42. The molecular weight excluding hydrogens is 500 g/mol. The minimum atomic E-state index is -0.254. The van der Waals surface area contributed by atoms with Gasteiger partial charge < -0.3 is 19.5 Å². The zero-order chi connectivity index (χ0) is 28.2. The van der Waals surface area contributed by atoms with Crippen LogP contribution in [-0.4, -0.2) is 65.7 Å². The van der Waals surface area contributed by atoms with Crippen molar-refractivity contribution in [3.8, 4) is 17.2 Å². The zero-order valence-electron chi connectivity index (χ0n) is 24.2. The Bertz CT molecular complexity index is 1350. The summed E-state index contributed by atoms with van der Waals surface area (Å²) in [7, 11) is 1.64. The largest absolute Gasteiger partial charge is 0.508 e. The standard InChI is InChI=1S/C34H42N2O4/c1-6-15-35-16-14-34-25-11-12-26(36(20-21(2)3)30(38)13-10-23-9-7-8-22(4)17-23)33(34)40-32-29(39-5)19-28(37)24(31(32)34)18-27(25)35/h6-10,13,17,19,21,25-27,33,37H,1,11-12,14-16,18,20H2,2-5H3/t25-,26+,27+,33-,34-/m0/s1. The molecule has 2 fully saturated rings. The number of hydrogen-bond acceptors (Lipinski definition) is 5. The number of rotatable bonds is 8. The van der Waals surface area contributed by atoms with Gasteiger partial charge in [0, 0.05) is 47.8 Å². The van der Waals surface area contributed by atoms with E-state index in [2.05, 4.69) is 49.3 Å². The molecule has 0 unspecified atom stereocenters. The quantitative estimate of drug-likeness (QED) is 0.353. The van der Waals surface area contributed by atoms with Crippen molar-refractivity contribution in [1.82, 2.24) is 9.80 Å². The number of ether oxygens (including phenoxy) is 2. The molecule has 5 atom stereocenters. The van der Waals surface area contributed by atoms with Gasteiger partial charge in [0.05, 0.1) is 13.2 Å². The van der Waals surface area contributed by atoms with E-state index in [1.807, 2.05) is 24.3 Å². The molecular formula is C34H42N2O4. The van der Waals surface area contributed by atoms with E-state index in [4.69, 9.17) is 9.47 Å².